The van der Waals surface area contributed by atoms with Crippen LogP contribution >= 0.6 is 0 Å². The molecule has 2 aromatic carbocycles. The fourth-order valence-electron chi connectivity index (χ4n) is 2.72. The lowest BCUT2D eigenvalue weighted by molar-refractivity contribution is 1.05. The highest BCUT2D eigenvalue weighted by atomic mass is 15.2. The van der Waals surface area contributed by atoms with Gasteiger partial charge in [0.05, 0.1) is 5.52 Å². The fraction of sp³-hybridized carbons (Fsp3) is 0.105. The molecule has 0 radical (unpaired) electrons. The van der Waals surface area contributed by atoms with E-state index in [1.165, 1.54) is 0 Å². The number of benzene rings is 2. The first-order chi connectivity index (χ1) is 11.7. The maximum Gasteiger partial charge on any atom is 0.162 e. The molecule has 0 aliphatic carbocycles. The molecular weight excluding hydrogens is 298 g/mol. The van der Waals surface area contributed by atoms with Gasteiger partial charge in [-0.15, -0.1) is 0 Å². The van der Waals surface area contributed by atoms with Gasteiger partial charge in [-0.1, -0.05) is 36.4 Å². The number of fused-ring (bicyclic) bond motifs is 1. The van der Waals surface area contributed by atoms with Crippen LogP contribution < -0.4 is 5.32 Å². The van der Waals surface area contributed by atoms with Crippen molar-refractivity contribution in [2.24, 2.45) is 0 Å². The average Bonchev–Trinajstić information content (AvgIpc) is 3.00. The van der Waals surface area contributed by atoms with Gasteiger partial charge in [-0.25, -0.2) is 9.97 Å². The summed E-state index contributed by atoms with van der Waals surface area (Å²) in [5.41, 5.74) is 4.08. The molecular formula is C19H17N5. The molecule has 118 valence electrons. The molecule has 0 saturated heterocycles. The van der Waals surface area contributed by atoms with E-state index in [4.69, 9.17) is 9.97 Å². The lowest BCUT2D eigenvalue weighted by Gasteiger charge is -2.10. The molecule has 24 heavy (non-hydrogen) atoms. The van der Waals surface area contributed by atoms with Crippen molar-refractivity contribution in [3.8, 4) is 11.4 Å². The highest BCUT2D eigenvalue weighted by Gasteiger charge is 2.11. The number of nitrogens with zero attached hydrogens (tertiary/aromatic N) is 3. The van der Waals surface area contributed by atoms with Crippen molar-refractivity contribution in [2.75, 3.05) is 5.32 Å². The van der Waals surface area contributed by atoms with Crippen LogP contribution in [-0.2, 0) is 0 Å². The highest BCUT2D eigenvalue weighted by molar-refractivity contribution is 5.92. The molecule has 4 aromatic rings. The summed E-state index contributed by atoms with van der Waals surface area (Å²) in [5, 5.41) is 11.4. The molecule has 0 aliphatic rings. The Hall–Kier alpha value is -3.21. The standard InChI is InChI=1S/C19H17N5/c1-12-7-3-4-8-14(12)18-20-16-10-6-5-9-15(16)19(22-18)21-17-11-13(2)23-24-17/h3-11H,1-2H3,(H2,20,21,22,23,24). The Labute approximate surface area is 139 Å². The number of anilines is 2. The summed E-state index contributed by atoms with van der Waals surface area (Å²) in [5.74, 6) is 2.21. The average molecular weight is 315 g/mol. The molecule has 0 fully saturated rings. The smallest absolute Gasteiger partial charge is 0.162 e. The quantitative estimate of drug-likeness (QED) is 0.589. The Morgan fingerprint density at radius 2 is 1.71 bits per heavy atom. The molecule has 2 aromatic heterocycles. The molecule has 0 saturated carbocycles. The van der Waals surface area contributed by atoms with E-state index in [9.17, 15) is 0 Å². The van der Waals surface area contributed by atoms with E-state index in [-0.39, 0.29) is 0 Å². The van der Waals surface area contributed by atoms with E-state index < -0.39 is 0 Å². The minimum atomic E-state index is 0.710. The number of rotatable bonds is 3. The van der Waals surface area contributed by atoms with E-state index in [0.717, 1.165) is 39.4 Å². The zero-order valence-electron chi connectivity index (χ0n) is 13.5. The third kappa shape index (κ3) is 2.60. The van der Waals surface area contributed by atoms with Gasteiger partial charge in [-0.2, -0.15) is 5.10 Å². The van der Waals surface area contributed by atoms with Gasteiger partial charge < -0.3 is 5.32 Å². The van der Waals surface area contributed by atoms with E-state index in [2.05, 4.69) is 28.5 Å². The van der Waals surface area contributed by atoms with Crippen molar-refractivity contribution < 1.29 is 0 Å². The molecule has 0 bridgehead atoms. The molecule has 0 aliphatic heterocycles. The largest absolute Gasteiger partial charge is 0.323 e. The number of para-hydroxylation sites is 1. The minimum absolute atomic E-state index is 0.710. The molecule has 4 rings (SSSR count). The number of hydrogen-bond donors (Lipinski definition) is 2. The molecule has 0 amide bonds. The highest BCUT2D eigenvalue weighted by Crippen LogP contribution is 2.28. The number of hydrogen-bond acceptors (Lipinski definition) is 4. The second-order valence-electron chi connectivity index (χ2n) is 5.79. The first-order valence-electron chi connectivity index (χ1n) is 7.82. The van der Waals surface area contributed by atoms with E-state index in [0.29, 0.717) is 5.82 Å². The second kappa shape index (κ2) is 5.77. The van der Waals surface area contributed by atoms with Gasteiger partial charge in [0, 0.05) is 22.7 Å². The number of aryl methyl sites for hydroxylation is 2. The molecule has 0 atom stereocenters. The first kappa shape index (κ1) is 14.4. The van der Waals surface area contributed by atoms with Crippen molar-refractivity contribution >= 4 is 22.5 Å². The summed E-state index contributed by atoms with van der Waals surface area (Å²) in [6, 6.07) is 18.1. The molecule has 2 heterocycles. The van der Waals surface area contributed by atoms with Crippen LogP contribution in [0.25, 0.3) is 22.3 Å². The van der Waals surface area contributed by atoms with Crippen molar-refractivity contribution in [3.63, 3.8) is 0 Å². The summed E-state index contributed by atoms with van der Waals surface area (Å²) in [6.45, 7) is 4.03. The summed E-state index contributed by atoms with van der Waals surface area (Å²) < 4.78 is 0. The third-order valence-corrected chi connectivity index (χ3v) is 3.94. The third-order valence-electron chi connectivity index (χ3n) is 3.94. The molecule has 0 unspecified atom stereocenters. The van der Waals surface area contributed by atoms with E-state index >= 15 is 0 Å². The summed E-state index contributed by atoms with van der Waals surface area (Å²) in [6.07, 6.45) is 0. The summed E-state index contributed by atoms with van der Waals surface area (Å²) >= 11 is 0. The van der Waals surface area contributed by atoms with Crippen LogP contribution in [0.5, 0.6) is 0 Å². The van der Waals surface area contributed by atoms with Gasteiger partial charge in [0.1, 0.15) is 5.82 Å². The van der Waals surface area contributed by atoms with Gasteiger partial charge >= 0.3 is 0 Å². The van der Waals surface area contributed by atoms with Crippen LogP contribution in [0.2, 0.25) is 0 Å². The second-order valence-corrected chi connectivity index (χ2v) is 5.79. The van der Waals surface area contributed by atoms with Crippen molar-refractivity contribution in [3.05, 3.63) is 65.9 Å². The molecule has 5 nitrogen and oxygen atoms in total. The Kier molecular flexibility index (Phi) is 3.46. The Morgan fingerprint density at radius 3 is 2.50 bits per heavy atom. The normalized spacial score (nSPS) is 10.9. The van der Waals surface area contributed by atoms with Crippen LogP contribution in [0.3, 0.4) is 0 Å². The van der Waals surface area contributed by atoms with Crippen molar-refractivity contribution in [1.29, 1.82) is 0 Å². The van der Waals surface area contributed by atoms with Crippen LogP contribution in [0.1, 0.15) is 11.3 Å². The zero-order valence-corrected chi connectivity index (χ0v) is 13.5. The van der Waals surface area contributed by atoms with Crippen LogP contribution in [0.15, 0.2) is 54.6 Å². The van der Waals surface area contributed by atoms with Gasteiger partial charge in [0.25, 0.3) is 0 Å². The first-order valence-corrected chi connectivity index (χ1v) is 7.82. The van der Waals surface area contributed by atoms with Crippen molar-refractivity contribution in [1.82, 2.24) is 20.2 Å². The van der Waals surface area contributed by atoms with Gasteiger partial charge in [-0.05, 0) is 31.5 Å². The van der Waals surface area contributed by atoms with Gasteiger partial charge in [0.2, 0.25) is 0 Å². The minimum Gasteiger partial charge on any atom is -0.323 e. The maximum absolute atomic E-state index is 4.76. The van der Waals surface area contributed by atoms with Crippen LogP contribution in [0.4, 0.5) is 11.6 Å². The number of aromatic nitrogens is 4. The lowest BCUT2D eigenvalue weighted by Crippen LogP contribution is -2.00. The number of H-pyrrole nitrogens is 1. The Morgan fingerprint density at radius 1 is 0.917 bits per heavy atom. The fourth-order valence-corrected chi connectivity index (χ4v) is 2.72. The lowest BCUT2D eigenvalue weighted by atomic mass is 10.1. The zero-order chi connectivity index (χ0) is 16.5. The van der Waals surface area contributed by atoms with Crippen molar-refractivity contribution in [2.45, 2.75) is 13.8 Å². The predicted molar refractivity (Wildman–Crippen MR) is 96.3 cm³/mol. The van der Waals surface area contributed by atoms with E-state index in [1.54, 1.807) is 0 Å². The van der Waals surface area contributed by atoms with Crippen LogP contribution in [0, 0.1) is 13.8 Å². The monoisotopic (exact) mass is 315 g/mol. The number of nitrogens with one attached hydrogen (secondary N) is 2. The van der Waals surface area contributed by atoms with E-state index in [1.807, 2.05) is 55.5 Å². The molecule has 5 heteroatoms. The molecule has 2 N–H and O–H groups in total. The summed E-state index contributed by atoms with van der Waals surface area (Å²) in [7, 11) is 0. The predicted octanol–water partition coefficient (Wildman–Crippen LogP) is 4.38. The van der Waals surface area contributed by atoms with Crippen LogP contribution in [-0.4, -0.2) is 20.2 Å². The maximum atomic E-state index is 4.76. The van der Waals surface area contributed by atoms with Gasteiger partial charge in [-0.3, -0.25) is 5.10 Å². The summed E-state index contributed by atoms with van der Waals surface area (Å²) in [4.78, 5) is 9.49. The SMILES string of the molecule is Cc1cc(Nc2nc(-c3ccccc3C)nc3ccccc23)n[nH]1. The number of aromatic amines is 1. The Bertz CT molecular complexity index is 1020. The van der Waals surface area contributed by atoms with Gasteiger partial charge in [0.15, 0.2) is 11.6 Å². The molecule has 0 spiro atoms. The topological polar surface area (TPSA) is 66.5 Å². The Balaban J connectivity index is 1.89.